The Morgan fingerprint density at radius 3 is 2.58 bits per heavy atom. The van der Waals surface area contributed by atoms with Gasteiger partial charge in [-0.3, -0.25) is 10.1 Å². The minimum absolute atomic E-state index is 0.0211. The molecule has 0 aromatic heterocycles. The van der Waals surface area contributed by atoms with Crippen molar-refractivity contribution in [2.75, 3.05) is 13.1 Å². The first-order chi connectivity index (χ1) is 12.6. The largest absolute Gasteiger partial charge is 0.307 e. The van der Waals surface area contributed by atoms with Gasteiger partial charge in [-0.15, -0.1) is 0 Å². The summed E-state index contributed by atoms with van der Waals surface area (Å²) in [6.07, 6.45) is 0. The number of carbonyl (C=O) groups excluding carboxylic acids is 1. The van der Waals surface area contributed by atoms with E-state index in [1.165, 1.54) is 0 Å². The molecular weight excluding hydrogens is 368 g/mol. The van der Waals surface area contributed by atoms with Gasteiger partial charge in [0.1, 0.15) is 0 Å². The average molecular weight is 387 g/mol. The molecule has 3 rings (SSSR count). The highest BCUT2D eigenvalue weighted by Gasteiger charge is 2.29. The second kappa shape index (κ2) is 8.40. The van der Waals surface area contributed by atoms with Gasteiger partial charge in [0.2, 0.25) is 0 Å². The predicted molar refractivity (Wildman–Crippen MR) is 109 cm³/mol. The van der Waals surface area contributed by atoms with Crippen molar-refractivity contribution in [2.24, 2.45) is 5.10 Å². The average Bonchev–Trinajstić information content (AvgIpc) is 3.07. The van der Waals surface area contributed by atoms with E-state index in [9.17, 15) is 4.79 Å². The number of hydrogen-bond donors (Lipinski definition) is 2. The fraction of sp³-hybridized carbons (Fsp3) is 0.211. The Kier molecular flexibility index (Phi) is 5.98. The summed E-state index contributed by atoms with van der Waals surface area (Å²) in [5.41, 5.74) is 2.40. The van der Waals surface area contributed by atoms with E-state index in [0.717, 1.165) is 17.8 Å². The maximum atomic E-state index is 12.3. The number of halogens is 1. The van der Waals surface area contributed by atoms with Gasteiger partial charge in [-0.25, -0.2) is 5.01 Å². The number of rotatable bonds is 4. The molecule has 0 spiro atoms. The number of likely N-dealkylation sites (N-methyl/N-ethyl adjacent to an activating group) is 1. The van der Waals surface area contributed by atoms with Crippen LogP contribution in [-0.4, -0.2) is 40.9 Å². The second-order valence-corrected chi connectivity index (χ2v) is 6.63. The summed E-state index contributed by atoms with van der Waals surface area (Å²) in [7, 11) is 0. The van der Waals surface area contributed by atoms with Gasteiger partial charge in [-0.2, -0.15) is 5.10 Å². The van der Waals surface area contributed by atoms with Crippen molar-refractivity contribution in [1.29, 1.82) is 0 Å². The summed E-state index contributed by atoms with van der Waals surface area (Å²) in [5.74, 6) is -0.245. The van der Waals surface area contributed by atoms with Gasteiger partial charge in [0.25, 0.3) is 5.91 Å². The normalized spacial score (nSPS) is 16.3. The predicted octanol–water partition coefficient (Wildman–Crippen LogP) is 3.05. The third-order valence-corrected chi connectivity index (χ3v) is 4.56. The fourth-order valence-corrected chi connectivity index (χ4v) is 3.07. The number of hydrazone groups is 1. The third-order valence-electron chi connectivity index (χ3n) is 4.00. The molecule has 134 valence electrons. The van der Waals surface area contributed by atoms with E-state index in [4.69, 9.17) is 23.8 Å². The Morgan fingerprint density at radius 2 is 1.92 bits per heavy atom. The number of benzene rings is 2. The molecule has 2 N–H and O–H groups in total. The summed E-state index contributed by atoms with van der Waals surface area (Å²) in [4.78, 5) is 12.3. The van der Waals surface area contributed by atoms with Gasteiger partial charge < -0.3 is 5.32 Å². The van der Waals surface area contributed by atoms with E-state index in [0.29, 0.717) is 17.1 Å². The molecule has 1 amide bonds. The fourth-order valence-electron chi connectivity index (χ4n) is 2.74. The monoisotopic (exact) mass is 386 g/mol. The highest BCUT2D eigenvalue weighted by molar-refractivity contribution is 7.80. The molecule has 1 unspecified atom stereocenters. The molecule has 0 saturated heterocycles. The molecule has 2 aromatic carbocycles. The first-order valence-electron chi connectivity index (χ1n) is 8.34. The molecule has 0 aliphatic carbocycles. The summed E-state index contributed by atoms with van der Waals surface area (Å²) < 4.78 is 0. The van der Waals surface area contributed by atoms with Gasteiger partial charge in [-0.05, 0) is 48.6 Å². The van der Waals surface area contributed by atoms with Gasteiger partial charge in [0.15, 0.2) is 5.11 Å². The highest BCUT2D eigenvalue weighted by atomic mass is 35.5. The van der Waals surface area contributed by atoms with Crippen LogP contribution >= 0.6 is 23.8 Å². The minimum Gasteiger partial charge on any atom is -0.307 e. The van der Waals surface area contributed by atoms with Crippen LogP contribution in [0.1, 0.15) is 22.8 Å². The Hall–Kier alpha value is -2.28. The Balaban J connectivity index is 1.76. The molecule has 1 heterocycles. The first-order valence-corrected chi connectivity index (χ1v) is 9.13. The number of nitrogens with zero attached hydrogens (tertiary/aromatic N) is 2. The lowest BCUT2D eigenvalue weighted by Crippen LogP contribution is -2.44. The van der Waals surface area contributed by atoms with Crippen LogP contribution in [0.3, 0.4) is 0 Å². The van der Waals surface area contributed by atoms with Crippen molar-refractivity contribution in [1.82, 2.24) is 15.6 Å². The van der Waals surface area contributed by atoms with Crippen LogP contribution in [0.25, 0.3) is 0 Å². The van der Waals surface area contributed by atoms with Crippen molar-refractivity contribution in [3.63, 3.8) is 0 Å². The van der Waals surface area contributed by atoms with Crippen LogP contribution in [0.5, 0.6) is 0 Å². The smallest absolute Gasteiger partial charge is 0.257 e. The topological polar surface area (TPSA) is 56.7 Å². The minimum atomic E-state index is -0.245. The van der Waals surface area contributed by atoms with E-state index in [-0.39, 0.29) is 17.1 Å². The molecule has 1 aliphatic rings. The first kappa shape index (κ1) is 18.5. The molecule has 5 nitrogen and oxygen atoms in total. The zero-order valence-corrected chi connectivity index (χ0v) is 15.8. The van der Waals surface area contributed by atoms with Crippen LogP contribution in [0.2, 0.25) is 5.02 Å². The summed E-state index contributed by atoms with van der Waals surface area (Å²) >= 11 is 11.4. The number of nitrogens with one attached hydrogen (secondary N) is 2. The third kappa shape index (κ3) is 4.27. The van der Waals surface area contributed by atoms with Crippen molar-refractivity contribution < 1.29 is 4.79 Å². The zero-order chi connectivity index (χ0) is 18.5. The van der Waals surface area contributed by atoms with E-state index in [2.05, 4.69) is 15.7 Å². The Morgan fingerprint density at radius 1 is 1.23 bits per heavy atom. The lowest BCUT2D eigenvalue weighted by molar-refractivity contribution is 0.0973. The second-order valence-electron chi connectivity index (χ2n) is 5.81. The van der Waals surface area contributed by atoms with Crippen LogP contribution in [0.15, 0.2) is 59.7 Å². The Labute approximate surface area is 163 Å². The van der Waals surface area contributed by atoms with Gasteiger partial charge in [-0.1, -0.05) is 48.9 Å². The lowest BCUT2D eigenvalue weighted by Gasteiger charge is -2.17. The zero-order valence-electron chi connectivity index (χ0n) is 14.3. The molecule has 0 radical (unpaired) electrons. The van der Waals surface area contributed by atoms with Crippen LogP contribution < -0.4 is 10.6 Å². The number of hydrogen-bond acceptors (Lipinski definition) is 4. The molecule has 0 saturated carbocycles. The molecular formula is C19H19ClN4OS. The van der Waals surface area contributed by atoms with Gasteiger partial charge >= 0.3 is 0 Å². The number of thiocarbonyl (C=S) groups is 1. The quantitative estimate of drug-likeness (QED) is 0.793. The van der Waals surface area contributed by atoms with Crippen molar-refractivity contribution in [2.45, 2.75) is 13.0 Å². The van der Waals surface area contributed by atoms with Crippen molar-refractivity contribution in [3.8, 4) is 0 Å². The maximum Gasteiger partial charge on any atom is 0.257 e. The standard InChI is InChI=1S/C19H19ClN4OS/c1-2-21-16-12-24(23-17(16)13-8-10-15(20)11-9-13)19(26)22-18(25)14-6-4-3-5-7-14/h3-11,16,21H,2,12H2,1H3,(H,22,25,26). The van der Waals surface area contributed by atoms with E-state index >= 15 is 0 Å². The van der Waals surface area contributed by atoms with E-state index < -0.39 is 0 Å². The molecule has 0 bridgehead atoms. The van der Waals surface area contributed by atoms with Gasteiger partial charge in [0.05, 0.1) is 18.3 Å². The molecule has 7 heteroatoms. The summed E-state index contributed by atoms with van der Waals surface area (Å²) in [6.45, 7) is 3.39. The number of amides is 1. The summed E-state index contributed by atoms with van der Waals surface area (Å²) in [6, 6.07) is 16.5. The van der Waals surface area contributed by atoms with Crippen LogP contribution in [0.4, 0.5) is 0 Å². The Bertz CT molecular complexity index is 823. The summed E-state index contributed by atoms with van der Waals surface area (Å²) in [5, 5.41) is 13.4. The molecule has 2 aromatic rings. The van der Waals surface area contributed by atoms with Crippen LogP contribution in [0, 0.1) is 0 Å². The van der Waals surface area contributed by atoms with Gasteiger partial charge in [0, 0.05) is 10.6 Å². The van der Waals surface area contributed by atoms with Crippen molar-refractivity contribution >= 4 is 40.6 Å². The SMILES string of the molecule is CCNC1CN(C(=S)NC(=O)c2ccccc2)N=C1c1ccc(Cl)cc1. The van der Waals surface area contributed by atoms with Crippen molar-refractivity contribution in [3.05, 3.63) is 70.7 Å². The van der Waals surface area contributed by atoms with E-state index in [1.807, 2.05) is 49.4 Å². The highest BCUT2D eigenvalue weighted by Crippen LogP contribution is 2.17. The molecule has 1 atom stereocenters. The molecule has 26 heavy (non-hydrogen) atoms. The lowest BCUT2D eigenvalue weighted by atomic mass is 10.0. The van der Waals surface area contributed by atoms with Crippen LogP contribution in [-0.2, 0) is 0 Å². The maximum absolute atomic E-state index is 12.3. The number of carbonyl (C=O) groups is 1. The van der Waals surface area contributed by atoms with E-state index in [1.54, 1.807) is 17.1 Å². The molecule has 0 fully saturated rings. The molecule has 1 aliphatic heterocycles.